The first-order valence-corrected chi connectivity index (χ1v) is 10.2. The Balaban J connectivity index is 1.80. The molecule has 3 fully saturated rings. The fraction of sp³-hybridized carbons (Fsp3) is 0.588. The highest BCUT2D eigenvalue weighted by atomic mass is 35.5. The summed E-state index contributed by atoms with van der Waals surface area (Å²) >= 11 is 5.93. The van der Waals surface area contributed by atoms with E-state index in [1.807, 2.05) is 0 Å². The molecule has 4 rings (SSSR count). The highest BCUT2D eigenvalue weighted by Gasteiger charge is 2.79. The van der Waals surface area contributed by atoms with E-state index in [4.69, 9.17) is 11.6 Å². The van der Waals surface area contributed by atoms with Crippen LogP contribution in [0.15, 0.2) is 18.2 Å². The topological polar surface area (TPSA) is 75.3 Å². The number of anilines is 1. The molecule has 3 aliphatic rings. The standard InChI is InChI=1S/C17H20ClF3N2O3S/c1-14(2,3)27(25,26)23-12-5-4-10(18)6-11(12)13(24)22-16-7-15(8-16,9-16)17(19,20)21/h4-6,23H,7-9H2,1-3H3,(H,22,24). The fourth-order valence-electron chi connectivity index (χ4n) is 3.62. The number of amides is 1. The highest BCUT2D eigenvalue weighted by Crippen LogP contribution is 2.73. The number of benzene rings is 1. The van der Waals surface area contributed by atoms with Crippen LogP contribution in [0.3, 0.4) is 0 Å². The molecule has 0 radical (unpaired) electrons. The second-order valence-electron chi connectivity index (χ2n) is 8.45. The molecule has 0 unspecified atom stereocenters. The lowest BCUT2D eigenvalue weighted by molar-refractivity contribution is -0.336. The number of carbonyl (C=O) groups is 1. The van der Waals surface area contributed by atoms with Gasteiger partial charge in [-0.15, -0.1) is 0 Å². The molecule has 10 heteroatoms. The van der Waals surface area contributed by atoms with Crippen molar-refractivity contribution in [2.24, 2.45) is 5.41 Å². The van der Waals surface area contributed by atoms with Crippen molar-refractivity contribution in [3.63, 3.8) is 0 Å². The van der Waals surface area contributed by atoms with Crippen molar-refractivity contribution in [2.45, 2.75) is 56.5 Å². The van der Waals surface area contributed by atoms with Crippen molar-refractivity contribution in [2.75, 3.05) is 4.72 Å². The van der Waals surface area contributed by atoms with Gasteiger partial charge in [0.1, 0.15) is 0 Å². The molecule has 3 saturated carbocycles. The third kappa shape index (κ3) is 3.29. The summed E-state index contributed by atoms with van der Waals surface area (Å²) in [5.74, 6) is -0.653. The Bertz CT molecular complexity index is 887. The van der Waals surface area contributed by atoms with Gasteiger partial charge in [0.25, 0.3) is 5.91 Å². The minimum atomic E-state index is -4.27. The monoisotopic (exact) mass is 424 g/mol. The van der Waals surface area contributed by atoms with Crippen LogP contribution >= 0.6 is 11.6 Å². The van der Waals surface area contributed by atoms with E-state index in [-0.39, 0.29) is 35.5 Å². The molecular weight excluding hydrogens is 405 g/mol. The second-order valence-corrected chi connectivity index (χ2v) is 11.3. The van der Waals surface area contributed by atoms with Crippen molar-refractivity contribution >= 4 is 33.2 Å². The van der Waals surface area contributed by atoms with Crippen molar-refractivity contribution in [1.82, 2.24) is 5.32 Å². The number of alkyl halides is 3. The maximum absolute atomic E-state index is 13.0. The molecule has 1 aromatic rings. The van der Waals surface area contributed by atoms with Crippen LogP contribution in [0.2, 0.25) is 5.02 Å². The molecule has 1 amide bonds. The Labute approximate surface area is 160 Å². The molecule has 27 heavy (non-hydrogen) atoms. The maximum Gasteiger partial charge on any atom is 0.394 e. The lowest BCUT2D eigenvalue weighted by Gasteiger charge is -2.70. The molecule has 5 nitrogen and oxygen atoms in total. The first-order valence-electron chi connectivity index (χ1n) is 8.31. The normalized spacial score (nSPS) is 27.4. The smallest absolute Gasteiger partial charge is 0.346 e. The number of halogens is 4. The zero-order valence-corrected chi connectivity index (χ0v) is 16.6. The lowest BCUT2D eigenvalue weighted by Crippen LogP contribution is -2.78. The second kappa shape index (κ2) is 5.76. The average Bonchev–Trinajstić information content (AvgIpc) is 2.40. The van der Waals surface area contributed by atoms with Crippen LogP contribution in [-0.2, 0) is 10.0 Å². The van der Waals surface area contributed by atoms with Gasteiger partial charge >= 0.3 is 6.18 Å². The third-order valence-electron chi connectivity index (χ3n) is 5.29. The van der Waals surface area contributed by atoms with E-state index in [0.29, 0.717) is 0 Å². The van der Waals surface area contributed by atoms with Gasteiger partial charge in [0.05, 0.1) is 21.4 Å². The largest absolute Gasteiger partial charge is 0.394 e. The quantitative estimate of drug-likeness (QED) is 0.764. The summed E-state index contributed by atoms with van der Waals surface area (Å²) in [7, 11) is -3.80. The van der Waals surface area contributed by atoms with Crippen molar-refractivity contribution < 1.29 is 26.4 Å². The number of sulfonamides is 1. The summed E-state index contributed by atoms with van der Waals surface area (Å²) in [4.78, 5) is 12.7. The summed E-state index contributed by atoms with van der Waals surface area (Å²) in [6.45, 7) is 4.51. The maximum atomic E-state index is 13.0. The van der Waals surface area contributed by atoms with Gasteiger partial charge in [-0.05, 0) is 58.2 Å². The van der Waals surface area contributed by atoms with Crippen LogP contribution in [0.25, 0.3) is 0 Å². The van der Waals surface area contributed by atoms with Gasteiger partial charge in [0.15, 0.2) is 0 Å². The third-order valence-corrected chi connectivity index (χ3v) is 7.62. The Kier molecular flexibility index (Phi) is 4.32. The van der Waals surface area contributed by atoms with Crippen LogP contribution in [0.4, 0.5) is 18.9 Å². The molecule has 3 aliphatic carbocycles. The number of hydrogen-bond donors (Lipinski definition) is 2. The van der Waals surface area contributed by atoms with Gasteiger partial charge in [-0.25, -0.2) is 8.42 Å². The van der Waals surface area contributed by atoms with Gasteiger partial charge in [-0.1, -0.05) is 11.6 Å². The molecule has 0 aromatic heterocycles. The number of carbonyl (C=O) groups excluding carboxylic acids is 1. The molecule has 0 spiro atoms. The number of hydrogen-bond acceptors (Lipinski definition) is 3. The Morgan fingerprint density at radius 2 is 1.70 bits per heavy atom. The van der Waals surface area contributed by atoms with Crippen molar-refractivity contribution in [1.29, 1.82) is 0 Å². The summed E-state index contributed by atoms with van der Waals surface area (Å²) in [6.07, 6.45) is -4.74. The van der Waals surface area contributed by atoms with Crippen LogP contribution in [0.1, 0.15) is 50.4 Å². The Hall–Kier alpha value is -1.48. The highest BCUT2D eigenvalue weighted by molar-refractivity contribution is 7.94. The first kappa shape index (κ1) is 20.3. The summed E-state index contributed by atoms with van der Waals surface area (Å²) < 4.78 is 64.9. The van der Waals surface area contributed by atoms with Gasteiger partial charge in [-0.3, -0.25) is 9.52 Å². The van der Waals surface area contributed by atoms with Gasteiger partial charge in [0.2, 0.25) is 10.0 Å². The van der Waals surface area contributed by atoms with E-state index in [9.17, 15) is 26.4 Å². The van der Waals surface area contributed by atoms with Crippen LogP contribution in [0.5, 0.6) is 0 Å². The van der Waals surface area contributed by atoms with Crippen LogP contribution in [0, 0.1) is 5.41 Å². The van der Waals surface area contributed by atoms with E-state index in [1.165, 1.54) is 39.0 Å². The molecule has 150 valence electrons. The fourth-order valence-corrected chi connectivity index (χ4v) is 4.57. The lowest BCUT2D eigenvalue weighted by atomic mass is 9.39. The predicted molar refractivity (Wildman–Crippen MR) is 96.3 cm³/mol. The molecule has 0 saturated heterocycles. The molecular formula is C17H20ClF3N2O3S. The zero-order valence-electron chi connectivity index (χ0n) is 15.0. The van der Waals surface area contributed by atoms with Crippen molar-refractivity contribution in [3.8, 4) is 0 Å². The average molecular weight is 425 g/mol. The zero-order chi connectivity index (χ0) is 20.5. The summed E-state index contributed by atoms with van der Waals surface area (Å²) in [5.41, 5.74) is -2.56. The summed E-state index contributed by atoms with van der Waals surface area (Å²) in [5, 5.41) is 2.84. The SMILES string of the molecule is CC(C)(C)S(=O)(=O)Nc1ccc(Cl)cc1C(=O)NC12CC(C(F)(F)F)(C1)C2. The molecule has 1 aromatic carbocycles. The molecule has 0 heterocycles. The van der Waals surface area contributed by atoms with E-state index < -0.39 is 37.8 Å². The molecule has 0 aliphatic heterocycles. The summed E-state index contributed by atoms with van der Waals surface area (Å²) in [6, 6.07) is 4.08. The predicted octanol–water partition coefficient (Wildman–Crippen LogP) is 4.10. The first-order chi connectivity index (χ1) is 12.1. The number of rotatable bonds is 4. The molecule has 2 N–H and O–H groups in total. The minimum Gasteiger partial charge on any atom is -0.346 e. The van der Waals surface area contributed by atoms with Crippen LogP contribution < -0.4 is 10.0 Å². The Morgan fingerprint density at radius 3 is 2.19 bits per heavy atom. The number of nitrogens with one attached hydrogen (secondary N) is 2. The van der Waals surface area contributed by atoms with Crippen molar-refractivity contribution in [3.05, 3.63) is 28.8 Å². The van der Waals surface area contributed by atoms with E-state index in [2.05, 4.69) is 10.0 Å². The van der Waals surface area contributed by atoms with E-state index in [0.717, 1.165) is 0 Å². The molecule has 2 bridgehead atoms. The minimum absolute atomic E-state index is 0.0268. The van der Waals surface area contributed by atoms with Gasteiger partial charge in [-0.2, -0.15) is 13.2 Å². The van der Waals surface area contributed by atoms with Gasteiger partial charge < -0.3 is 5.32 Å². The Morgan fingerprint density at radius 1 is 1.15 bits per heavy atom. The van der Waals surface area contributed by atoms with E-state index >= 15 is 0 Å². The molecule has 0 atom stereocenters. The van der Waals surface area contributed by atoms with E-state index in [1.54, 1.807) is 0 Å². The van der Waals surface area contributed by atoms with Crippen LogP contribution in [-0.4, -0.2) is 30.8 Å². The van der Waals surface area contributed by atoms with Gasteiger partial charge in [0, 0.05) is 10.6 Å².